The van der Waals surface area contributed by atoms with Gasteiger partial charge in [0.2, 0.25) is 5.90 Å². The van der Waals surface area contributed by atoms with Crippen molar-refractivity contribution in [2.24, 2.45) is 4.99 Å². The van der Waals surface area contributed by atoms with Crippen LogP contribution in [-0.2, 0) is 9.53 Å². The Morgan fingerprint density at radius 3 is 2.56 bits per heavy atom. The van der Waals surface area contributed by atoms with Crippen molar-refractivity contribution in [2.75, 3.05) is 6.26 Å². The third-order valence-corrected chi connectivity index (χ3v) is 4.12. The van der Waals surface area contributed by atoms with Crippen molar-refractivity contribution in [1.29, 1.82) is 0 Å². The molecule has 0 saturated carbocycles. The van der Waals surface area contributed by atoms with Gasteiger partial charge in [-0.3, -0.25) is 0 Å². The molecule has 0 saturated heterocycles. The van der Waals surface area contributed by atoms with E-state index in [9.17, 15) is 13.6 Å². The molecule has 0 aromatic heterocycles. The molecule has 1 heterocycles. The summed E-state index contributed by atoms with van der Waals surface area (Å²) < 4.78 is 34.6. The highest BCUT2D eigenvalue weighted by atomic mass is 32.2. The van der Waals surface area contributed by atoms with E-state index in [1.807, 2.05) is 30.5 Å². The smallest absolute Gasteiger partial charge is 0.387 e. The molecule has 0 bridgehead atoms. The number of ether oxygens (including phenoxy) is 2. The van der Waals surface area contributed by atoms with Crippen molar-refractivity contribution in [3.05, 3.63) is 65.4 Å². The van der Waals surface area contributed by atoms with Gasteiger partial charge in [0.1, 0.15) is 5.75 Å². The first-order chi connectivity index (χ1) is 12.1. The van der Waals surface area contributed by atoms with Crippen LogP contribution in [0.2, 0.25) is 0 Å². The molecule has 25 heavy (non-hydrogen) atoms. The number of cyclic esters (lactones) is 1. The monoisotopic (exact) mass is 361 g/mol. The van der Waals surface area contributed by atoms with Crippen molar-refractivity contribution in [2.45, 2.75) is 11.5 Å². The summed E-state index contributed by atoms with van der Waals surface area (Å²) in [6.45, 7) is -2.98. The van der Waals surface area contributed by atoms with Crippen LogP contribution in [0.3, 0.4) is 0 Å². The molecular formula is C18H13F2NO3S. The van der Waals surface area contributed by atoms with Crippen molar-refractivity contribution in [3.63, 3.8) is 0 Å². The molecule has 0 atom stereocenters. The highest BCUT2D eigenvalue weighted by molar-refractivity contribution is 7.98. The lowest BCUT2D eigenvalue weighted by Gasteiger charge is -2.08. The lowest BCUT2D eigenvalue weighted by atomic mass is 10.2. The third kappa shape index (κ3) is 4.06. The molecule has 0 unspecified atom stereocenters. The second kappa shape index (κ2) is 7.48. The molecule has 0 N–H and O–H groups in total. The molecule has 2 aromatic rings. The van der Waals surface area contributed by atoms with E-state index in [1.165, 1.54) is 12.1 Å². The van der Waals surface area contributed by atoms with Crippen LogP contribution < -0.4 is 4.74 Å². The van der Waals surface area contributed by atoms with Crippen molar-refractivity contribution in [3.8, 4) is 5.75 Å². The van der Waals surface area contributed by atoms with Crippen LogP contribution in [-0.4, -0.2) is 24.7 Å². The molecule has 1 aliphatic rings. The SMILES string of the molecule is CSc1ccc(C=C2N=C(c3ccccc3OC(F)F)OC2=O)cc1. The van der Waals surface area contributed by atoms with E-state index in [2.05, 4.69) is 9.73 Å². The molecule has 1 aliphatic heterocycles. The van der Waals surface area contributed by atoms with Gasteiger partial charge in [-0.25, -0.2) is 9.79 Å². The van der Waals surface area contributed by atoms with Gasteiger partial charge in [0.15, 0.2) is 5.70 Å². The van der Waals surface area contributed by atoms with E-state index in [4.69, 9.17) is 4.74 Å². The molecule has 128 valence electrons. The fraction of sp³-hybridized carbons (Fsp3) is 0.111. The summed E-state index contributed by atoms with van der Waals surface area (Å²) in [6, 6.07) is 13.6. The van der Waals surface area contributed by atoms with E-state index < -0.39 is 12.6 Å². The molecule has 2 aromatic carbocycles. The van der Waals surface area contributed by atoms with Gasteiger partial charge in [-0.2, -0.15) is 8.78 Å². The molecule has 0 fully saturated rings. The second-order valence-corrected chi connectivity index (χ2v) is 5.86. The van der Waals surface area contributed by atoms with Crippen LogP contribution in [0.4, 0.5) is 8.78 Å². The van der Waals surface area contributed by atoms with Crippen LogP contribution in [0.15, 0.2) is 64.1 Å². The van der Waals surface area contributed by atoms with Gasteiger partial charge in [-0.05, 0) is 42.2 Å². The van der Waals surface area contributed by atoms with Crippen molar-refractivity contribution < 1.29 is 23.0 Å². The van der Waals surface area contributed by atoms with Gasteiger partial charge in [-0.15, -0.1) is 11.8 Å². The average molecular weight is 361 g/mol. The number of alkyl halides is 2. The predicted molar refractivity (Wildman–Crippen MR) is 91.9 cm³/mol. The molecule has 0 amide bonds. The molecule has 0 aliphatic carbocycles. The summed E-state index contributed by atoms with van der Waals surface area (Å²) >= 11 is 1.61. The topological polar surface area (TPSA) is 47.9 Å². The van der Waals surface area contributed by atoms with Crippen LogP contribution in [0, 0.1) is 0 Å². The normalized spacial score (nSPS) is 15.4. The standard InChI is InChI=1S/C18H13F2NO3S/c1-25-12-8-6-11(7-9-12)10-14-17(22)24-16(21-14)13-4-2-3-5-15(13)23-18(19)20/h2-10,18H,1H3. The number of carbonyl (C=O) groups is 1. The Bertz CT molecular complexity index is 848. The quantitative estimate of drug-likeness (QED) is 0.451. The minimum Gasteiger partial charge on any atom is -0.434 e. The Morgan fingerprint density at radius 2 is 1.88 bits per heavy atom. The lowest BCUT2D eigenvalue weighted by Crippen LogP contribution is -2.10. The summed E-state index contributed by atoms with van der Waals surface area (Å²) in [5, 5.41) is 0. The van der Waals surface area contributed by atoms with Crippen LogP contribution >= 0.6 is 11.8 Å². The number of para-hydroxylation sites is 1. The zero-order valence-electron chi connectivity index (χ0n) is 13.1. The predicted octanol–water partition coefficient (Wildman–Crippen LogP) is 4.35. The first-order valence-corrected chi connectivity index (χ1v) is 8.50. The maximum absolute atomic E-state index is 12.5. The van der Waals surface area contributed by atoms with Gasteiger partial charge >= 0.3 is 12.6 Å². The van der Waals surface area contributed by atoms with Gasteiger partial charge < -0.3 is 9.47 Å². The number of carbonyl (C=O) groups excluding carboxylic acids is 1. The van der Waals surface area contributed by atoms with E-state index in [1.54, 1.807) is 30.0 Å². The Hall–Kier alpha value is -2.67. The Morgan fingerprint density at radius 1 is 1.16 bits per heavy atom. The second-order valence-electron chi connectivity index (χ2n) is 4.98. The average Bonchev–Trinajstić information content (AvgIpc) is 2.96. The summed E-state index contributed by atoms with van der Waals surface area (Å²) in [6.07, 6.45) is 3.55. The Balaban J connectivity index is 1.91. The van der Waals surface area contributed by atoms with Crippen molar-refractivity contribution >= 4 is 29.7 Å². The molecule has 0 radical (unpaired) electrons. The number of thioether (sulfide) groups is 1. The highest BCUT2D eigenvalue weighted by Gasteiger charge is 2.26. The van der Waals surface area contributed by atoms with Gasteiger partial charge in [0.25, 0.3) is 0 Å². The molecule has 7 heteroatoms. The number of esters is 1. The maximum Gasteiger partial charge on any atom is 0.387 e. The highest BCUT2D eigenvalue weighted by Crippen LogP contribution is 2.26. The fourth-order valence-corrected chi connectivity index (χ4v) is 2.63. The van der Waals surface area contributed by atoms with E-state index in [0.29, 0.717) is 0 Å². The van der Waals surface area contributed by atoms with Gasteiger partial charge in [-0.1, -0.05) is 24.3 Å². The zero-order valence-corrected chi connectivity index (χ0v) is 13.9. The number of benzene rings is 2. The fourth-order valence-electron chi connectivity index (χ4n) is 2.22. The summed E-state index contributed by atoms with van der Waals surface area (Å²) in [4.78, 5) is 17.2. The molecule has 3 rings (SSSR count). The van der Waals surface area contributed by atoms with E-state index in [0.717, 1.165) is 10.5 Å². The number of nitrogens with zero attached hydrogens (tertiary/aromatic N) is 1. The van der Waals surface area contributed by atoms with Crippen LogP contribution in [0.25, 0.3) is 6.08 Å². The summed E-state index contributed by atoms with van der Waals surface area (Å²) in [7, 11) is 0. The largest absolute Gasteiger partial charge is 0.434 e. The summed E-state index contributed by atoms with van der Waals surface area (Å²) in [5.41, 5.74) is 1.07. The molecule has 0 spiro atoms. The Kier molecular flexibility index (Phi) is 5.14. The van der Waals surface area contributed by atoms with Crippen LogP contribution in [0.5, 0.6) is 5.75 Å². The first kappa shape index (κ1) is 17.2. The zero-order chi connectivity index (χ0) is 17.8. The van der Waals surface area contributed by atoms with Gasteiger partial charge in [0, 0.05) is 4.90 Å². The maximum atomic E-state index is 12.5. The minimum absolute atomic E-state index is 0.0618. The van der Waals surface area contributed by atoms with Crippen molar-refractivity contribution in [1.82, 2.24) is 0 Å². The number of hydrogen-bond donors (Lipinski definition) is 0. The van der Waals surface area contributed by atoms with Crippen LogP contribution in [0.1, 0.15) is 11.1 Å². The van der Waals surface area contributed by atoms with E-state index >= 15 is 0 Å². The third-order valence-electron chi connectivity index (χ3n) is 3.37. The number of aliphatic imine (C=N–C) groups is 1. The first-order valence-electron chi connectivity index (χ1n) is 7.27. The Labute approximate surface area is 147 Å². The number of halogens is 2. The molecule has 4 nitrogen and oxygen atoms in total. The lowest BCUT2D eigenvalue weighted by molar-refractivity contribution is -0.129. The number of rotatable bonds is 5. The number of hydrogen-bond acceptors (Lipinski definition) is 5. The summed E-state index contributed by atoms with van der Waals surface area (Å²) in [5.74, 6) is -0.807. The van der Waals surface area contributed by atoms with E-state index in [-0.39, 0.29) is 22.9 Å². The van der Waals surface area contributed by atoms with Gasteiger partial charge in [0.05, 0.1) is 5.56 Å². The molecular weight excluding hydrogens is 348 g/mol. The minimum atomic E-state index is -2.98.